The molecule has 88 valence electrons. The number of halogens is 1. The first kappa shape index (κ1) is 11.0. The van der Waals surface area contributed by atoms with Crippen molar-refractivity contribution in [2.45, 2.75) is 23.6 Å². The van der Waals surface area contributed by atoms with Gasteiger partial charge in [-0.1, -0.05) is 46.3 Å². The van der Waals surface area contributed by atoms with Gasteiger partial charge < -0.3 is 4.98 Å². The quantitative estimate of drug-likeness (QED) is 0.858. The smallest absolute Gasteiger partial charge is 0.107 e. The zero-order valence-electron chi connectivity index (χ0n) is 9.51. The summed E-state index contributed by atoms with van der Waals surface area (Å²) in [4.78, 5) is 7.97. The van der Waals surface area contributed by atoms with Crippen LogP contribution in [0.1, 0.15) is 23.7 Å². The van der Waals surface area contributed by atoms with Crippen LogP contribution in [0.25, 0.3) is 0 Å². The fourth-order valence-electron chi connectivity index (χ4n) is 2.44. The Hall–Kier alpha value is -1.09. The lowest BCUT2D eigenvalue weighted by Gasteiger charge is -2.07. The molecule has 0 saturated heterocycles. The molecule has 0 radical (unpaired) electrons. The van der Waals surface area contributed by atoms with E-state index in [1.54, 1.807) is 0 Å². The molecule has 3 rings (SSSR count). The van der Waals surface area contributed by atoms with Crippen LogP contribution in [0.4, 0.5) is 0 Å². The topological polar surface area (TPSA) is 28.7 Å². The predicted molar refractivity (Wildman–Crippen MR) is 72.3 cm³/mol. The molecule has 1 aromatic heterocycles. The summed E-state index contributed by atoms with van der Waals surface area (Å²) >= 11 is 3.80. The van der Waals surface area contributed by atoms with Gasteiger partial charge in [0.15, 0.2) is 0 Å². The number of benzene rings is 1. The standard InChI is InChI=1S/C14H15BrN2/c15-13(9-14-16-6-7-17-14)12-8-11(12)10-4-2-1-3-5-10/h1-7,11-13H,8-9H2,(H,16,17). The number of nitrogens with one attached hydrogen (secondary N) is 1. The first-order chi connectivity index (χ1) is 8.34. The van der Waals surface area contributed by atoms with Crippen molar-refractivity contribution in [1.29, 1.82) is 0 Å². The summed E-state index contributed by atoms with van der Waals surface area (Å²) in [5.74, 6) is 2.56. The Bertz CT molecular complexity index is 466. The number of H-pyrrole nitrogens is 1. The maximum atomic E-state index is 4.28. The van der Waals surface area contributed by atoms with E-state index in [1.807, 2.05) is 12.4 Å². The van der Waals surface area contributed by atoms with E-state index in [-0.39, 0.29) is 0 Å². The van der Waals surface area contributed by atoms with Crippen molar-refractivity contribution < 1.29 is 0 Å². The third kappa shape index (κ3) is 2.44. The minimum Gasteiger partial charge on any atom is -0.349 e. The van der Waals surface area contributed by atoms with Crippen LogP contribution in [-0.2, 0) is 6.42 Å². The summed E-state index contributed by atoms with van der Waals surface area (Å²) in [6, 6.07) is 10.8. The van der Waals surface area contributed by atoms with Gasteiger partial charge in [0.05, 0.1) is 0 Å². The highest BCUT2D eigenvalue weighted by molar-refractivity contribution is 9.09. The predicted octanol–water partition coefficient (Wildman–Crippen LogP) is 3.52. The number of nitrogens with zero attached hydrogens (tertiary/aromatic N) is 1. The van der Waals surface area contributed by atoms with E-state index in [4.69, 9.17) is 0 Å². The van der Waals surface area contributed by atoms with E-state index in [9.17, 15) is 0 Å². The van der Waals surface area contributed by atoms with Crippen molar-refractivity contribution >= 4 is 15.9 Å². The van der Waals surface area contributed by atoms with Crippen LogP contribution in [0.2, 0.25) is 0 Å². The van der Waals surface area contributed by atoms with Crippen LogP contribution in [-0.4, -0.2) is 14.8 Å². The lowest BCUT2D eigenvalue weighted by molar-refractivity contribution is 0.714. The van der Waals surface area contributed by atoms with Crippen LogP contribution >= 0.6 is 15.9 Å². The Balaban J connectivity index is 1.61. The molecule has 0 spiro atoms. The molecule has 0 bridgehead atoms. The van der Waals surface area contributed by atoms with Crippen molar-refractivity contribution in [2.75, 3.05) is 0 Å². The molecular weight excluding hydrogens is 276 g/mol. The highest BCUT2D eigenvalue weighted by Crippen LogP contribution is 2.51. The fraction of sp³-hybridized carbons (Fsp3) is 0.357. The van der Waals surface area contributed by atoms with Crippen LogP contribution in [0.5, 0.6) is 0 Å². The largest absolute Gasteiger partial charge is 0.349 e. The molecule has 3 heteroatoms. The van der Waals surface area contributed by atoms with Crippen molar-refractivity contribution in [2.24, 2.45) is 5.92 Å². The number of rotatable bonds is 4. The number of hydrogen-bond acceptors (Lipinski definition) is 1. The molecule has 1 N–H and O–H groups in total. The van der Waals surface area contributed by atoms with E-state index >= 15 is 0 Å². The second kappa shape index (κ2) is 4.65. The average molecular weight is 291 g/mol. The molecule has 0 amide bonds. The molecular formula is C14H15BrN2. The maximum absolute atomic E-state index is 4.28. The van der Waals surface area contributed by atoms with Gasteiger partial charge in [-0.25, -0.2) is 4.98 Å². The van der Waals surface area contributed by atoms with Crippen LogP contribution < -0.4 is 0 Å². The molecule has 3 unspecified atom stereocenters. The summed E-state index contributed by atoms with van der Waals surface area (Å²) < 4.78 is 0. The molecule has 1 fully saturated rings. The molecule has 1 aromatic carbocycles. The van der Waals surface area contributed by atoms with Crippen LogP contribution in [0, 0.1) is 5.92 Å². The lowest BCUT2D eigenvalue weighted by Crippen LogP contribution is -2.07. The summed E-state index contributed by atoms with van der Waals surface area (Å²) in [5.41, 5.74) is 1.47. The van der Waals surface area contributed by atoms with Gasteiger partial charge in [-0.2, -0.15) is 0 Å². The zero-order chi connectivity index (χ0) is 11.7. The van der Waals surface area contributed by atoms with Crippen molar-refractivity contribution in [3.8, 4) is 0 Å². The Labute approximate surface area is 110 Å². The third-order valence-corrected chi connectivity index (χ3v) is 4.48. The van der Waals surface area contributed by atoms with Gasteiger partial charge in [0.2, 0.25) is 0 Å². The minimum atomic E-state index is 0.527. The molecule has 1 aliphatic carbocycles. The van der Waals surface area contributed by atoms with E-state index in [0.717, 1.165) is 24.1 Å². The highest BCUT2D eigenvalue weighted by Gasteiger charge is 2.42. The second-order valence-electron chi connectivity index (χ2n) is 4.67. The van der Waals surface area contributed by atoms with Gasteiger partial charge in [-0.05, 0) is 23.8 Å². The fourth-order valence-corrected chi connectivity index (χ4v) is 3.33. The number of aromatic nitrogens is 2. The lowest BCUT2D eigenvalue weighted by atomic mass is 10.1. The summed E-state index contributed by atoms with van der Waals surface area (Å²) in [5, 5.41) is 0. The number of hydrogen-bond donors (Lipinski definition) is 1. The number of aromatic amines is 1. The van der Waals surface area contributed by atoms with Gasteiger partial charge in [-0.3, -0.25) is 0 Å². The van der Waals surface area contributed by atoms with Gasteiger partial charge in [-0.15, -0.1) is 0 Å². The van der Waals surface area contributed by atoms with Crippen molar-refractivity contribution in [1.82, 2.24) is 9.97 Å². The van der Waals surface area contributed by atoms with Gasteiger partial charge >= 0.3 is 0 Å². The van der Waals surface area contributed by atoms with E-state index < -0.39 is 0 Å². The van der Waals surface area contributed by atoms with E-state index in [2.05, 4.69) is 56.2 Å². The van der Waals surface area contributed by atoms with Crippen molar-refractivity contribution in [3.05, 3.63) is 54.1 Å². The van der Waals surface area contributed by atoms with Gasteiger partial charge in [0.25, 0.3) is 0 Å². The zero-order valence-corrected chi connectivity index (χ0v) is 11.1. The first-order valence-electron chi connectivity index (χ1n) is 6.02. The van der Waals surface area contributed by atoms with Crippen LogP contribution in [0.15, 0.2) is 42.7 Å². The van der Waals surface area contributed by atoms with Crippen molar-refractivity contribution in [3.63, 3.8) is 0 Å². The van der Waals surface area contributed by atoms with E-state index in [1.165, 1.54) is 12.0 Å². The Kier molecular flexibility index (Phi) is 3.02. The van der Waals surface area contributed by atoms with Gasteiger partial charge in [0, 0.05) is 23.6 Å². The summed E-state index contributed by atoms with van der Waals surface area (Å²) in [7, 11) is 0. The molecule has 1 aliphatic rings. The molecule has 2 nitrogen and oxygen atoms in total. The molecule has 1 heterocycles. The Morgan fingerprint density at radius 2 is 2.18 bits per heavy atom. The summed E-state index contributed by atoms with van der Waals surface area (Å²) in [6.07, 6.45) is 5.98. The number of imidazole rings is 1. The van der Waals surface area contributed by atoms with Crippen LogP contribution in [0.3, 0.4) is 0 Å². The highest BCUT2D eigenvalue weighted by atomic mass is 79.9. The molecule has 3 atom stereocenters. The number of alkyl halides is 1. The molecule has 0 aliphatic heterocycles. The maximum Gasteiger partial charge on any atom is 0.107 e. The average Bonchev–Trinajstić information content (AvgIpc) is 3.02. The van der Waals surface area contributed by atoms with Gasteiger partial charge in [0.1, 0.15) is 5.82 Å². The second-order valence-corrected chi connectivity index (χ2v) is 5.85. The Morgan fingerprint density at radius 1 is 1.35 bits per heavy atom. The normalized spacial score (nSPS) is 24.5. The SMILES string of the molecule is BrC(Cc1ncc[nH]1)C1CC1c1ccccc1. The molecule has 1 saturated carbocycles. The summed E-state index contributed by atoms with van der Waals surface area (Å²) in [6.45, 7) is 0. The molecule has 17 heavy (non-hydrogen) atoms. The Morgan fingerprint density at radius 3 is 2.88 bits per heavy atom. The van der Waals surface area contributed by atoms with E-state index in [0.29, 0.717) is 4.83 Å². The monoisotopic (exact) mass is 290 g/mol. The first-order valence-corrected chi connectivity index (χ1v) is 6.93. The third-order valence-electron chi connectivity index (χ3n) is 3.48. The molecule has 2 aromatic rings. The minimum absolute atomic E-state index is 0.527.